The summed E-state index contributed by atoms with van der Waals surface area (Å²) in [4.78, 5) is 17.3. The van der Waals surface area contributed by atoms with Crippen LogP contribution < -0.4 is 4.74 Å². The first-order valence-electron chi connectivity index (χ1n) is 15.9. The number of hydrogen-bond donors (Lipinski definition) is 0. The summed E-state index contributed by atoms with van der Waals surface area (Å²) >= 11 is 6.42. The second kappa shape index (κ2) is 18.0. The van der Waals surface area contributed by atoms with Crippen LogP contribution in [0, 0.1) is 11.8 Å². The van der Waals surface area contributed by atoms with E-state index in [0.717, 1.165) is 48.1 Å². The van der Waals surface area contributed by atoms with Crippen LogP contribution in [0.2, 0.25) is 0 Å². The van der Waals surface area contributed by atoms with Crippen molar-refractivity contribution in [3.05, 3.63) is 72.4 Å². The first-order chi connectivity index (χ1) is 19.9. The number of carbonyl (C=O) groups excluding carboxylic acids is 1. The molecule has 3 nitrogen and oxygen atoms in total. The van der Waals surface area contributed by atoms with Gasteiger partial charge in [-0.1, -0.05) is 128 Å². The molecule has 0 N–H and O–H groups in total. The number of aromatic nitrogens is 1. The Morgan fingerprint density at radius 2 is 1.32 bits per heavy atom. The molecule has 4 heteroatoms. The summed E-state index contributed by atoms with van der Waals surface area (Å²) in [5.74, 6) is 0.889. The Morgan fingerprint density at radius 1 is 0.732 bits per heavy atom. The van der Waals surface area contributed by atoms with Crippen LogP contribution in [-0.4, -0.2) is 16.3 Å². The summed E-state index contributed by atoms with van der Waals surface area (Å²) in [5.41, 5.74) is 5.58. The lowest BCUT2D eigenvalue weighted by Gasteiger charge is -2.17. The zero-order valence-corrected chi connectivity index (χ0v) is 26.5. The Kier molecular flexibility index (Phi) is 14.4. The summed E-state index contributed by atoms with van der Waals surface area (Å²) in [6.45, 7) is 8.71. The first-order valence-corrected chi connectivity index (χ1v) is 16.3. The minimum Gasteiger partial charge on any atom is -0.425 e. The number of pyridine rings is 1. The Hall–Kier alpha value is -2.65. The summed E-state index contributed by atoms with van der Waals surface area (Å²) in [7, 11) is 0. The summed E-state index contributed by atoms with van der Waals surface area (Å²) in [5, 5.41) is -0.637. The van der Waals surface area contributed by atoms with E-state index < -0.39 is 5.38 Å². The van der Waals surface area contributed by atoms with Gasteiger partial charge in [-0.25, -0.2) is 0 Å². The Morgan fingerprint density at radius 3 is 1.90 bits per heavy atom. The van der Waals surface area contributed by atoms with Crippen LogP contribution in [0.15, 0.2) is 66.9 Å². The lowest BCUT2D eigenvalue weighted by atomic mass is 9.97. The second-order valence-electron chi connectivity index (χ2n) is 12.0. The van der Waals surface area contributed by atoms with Crippen LogP contribution >= 0.6 is 11.6 Å². The number of unbranched alkanes of at least 4 members (excludes halogenated alkanes) is 7. The van der Waals surface area contributed by atoms with Gasteiger partial charge in [0.2, 0.25) is 0 Å². The van der Waals surface area contributed by atoms with Gasteiger partial charge in [0, 0.05) is 11.8 Å². The molecular formula is C37H50ClNO2. The molecule has 0 fully saturated rings. The topological polar surface area (TPSA) is 39.2 Å². The molecule has 41 heavy (non-hydrogen) atoms. The average Bonchev–Trinajstić information content (AvgIpc) is 2.98. The van der Waals surface area contributed by atoms with Gasteiger partial charge in [-0.2, -0.15) is 0 Å². The number of nitrogens with zero attached hydrogens (tertiary/aromatic N) is 1. The Labute approximate surface area is 254 Å². The molecule has 0 bridgehead atoms. The van der Waals surface area contributed by atoms with Crippen molar-refractivity contribution < 1.29 is 9.53 Å². The first kappa shape index (κ1) is 32.9. The van der Waals surface area contributed by atoms with Crippen LogP contribution in [0.5, 0.6) is 5.75 Å². The van der Waals surface area contributed by atoms with Crippen molar-refractivity contribution >= 4 is 17.6 Å². The monoisotopic (exact) mass is 575 g/mol. The SMILES string of the molecule is CCCCCCCCCCc1ccc(-c2ccc(-c3ccc(OC(=O)C(Cl)C(C)CCCC(C)C)cc3)cc2)nc1. The van der Waals surface area contributed by atoms with Crippen molar-refractivity contribution in [2.45, 2.75) is 110 Å². The summed E-state index contributed by atoms with van der Waals surface area (Å²) in [6, 6.07) is 20.4. The van der Waals surface area contributed by atoms with Crippen molar-refractivity contribution in [3.63, 3.8) is 0 Å². The molecule has 0 radical (unpaired) electrons. The lowest BCUT2D eigenvalue weighted by molar-refractivity contribution is -0.134. The van der Waals surface area contributed by atoms with Crippen molar-refractivity contribution in [1.29, 1.82) is 0 Å². The predicted octanol–water partition coefficient (Wildman–Crippen LogP) is 11.1. The smallest absolute Gasteiger partial charge is 0.329 e. The highest BCUT2D eigenvalue weighted by Gasteiger charge is 2.24. The number of aryl methyl sites for hydroxylation is 1. The fourth-order valence-electron chi connectivity index (χ4n) is 5.15. The van der Waals surface area contributed by atoms with E-state index in [-0.39, 0.29) is 11.9 Å². The highest BCUT2D eigenvalue weighted by molar-refractivity contribution is 6.30. The molecule has 2 aromatic carbocycles. The third-order valence-electron chi connectivity index (χ3n) is 7.90. The van der Waals surface area contributed by atoms with Gasteiger partial charge in [-0.3, -0.25) is 9.78 Å². The van der Waals surface area contributed by atoms with Gasteiger partial charge in [0.1, 0.15) is 11.1 Å². The zero-order chi connectivity index (χ0) is 29.5. The third kappa shape index (κ3) is 11.6. The average molecular weight is 576 g/mol. The van der Waals surface area contributed by atoms with Crippen LogP contribution in [0.3, 0.4) is 0 Å². The van der Waals surface area contributed by atoms with E-state index in [0.29, 0.717) is 11.7 Å². The number of ether oxygens (including phenoxy) is 1. The molecule has 0 spiro atoms. The highest BCUT2D eigenvalue weighted by atomic mass is 35.5. The molecule has 2 unspecified atom stereocenters. The quantitative estimate of drug-likeness (QED) is 0.0655. The maximum Gasteiger partial charge on any atom is 0.329 e. The number of benzene rings is 2. The molecule has 0 aliphatic rings. The molecule has 3 aromatic rings. The number of halogens is 1. The van der Waals surface area contributed by atoms with E-state index in [2.05, 4.69) is 57.2 Å². The van der Waals surface area contributed by atoms with Gasteiger partial charge in [-0.05, 0) is 66.0 Å². The molecule has 1 heterocycles. The predicted molar refractivity (Wildman–Crippen MR) is 175 cm³/mol. The number of alkyl halides is 1. The molecule has 0 aliphatic heterocycles. The number of carbonyl (C=O) groups is 1. The number of esters is 1. The van der Waals surface area contributed by atoms with Gasteiger partial charge >= 0.3 is 5.97 Å². The third-order valence-corrected chi connectivity index (χ3v) is 8.50. The molecule has 222 valence electrons. The molecule has 1 aromatic heterocycles. The fraction of sp³-hybridized carbons (Fsp3) is 0.514. The van der Waals surface area contributed by atoms with E-state index in [9.17, 15) is 4.79 Å². The highest BCUT2D eigenvalue weighted by Crippen LogP contribution is 2.27. The molecule has 0 saturated heterocycles. The maximum atomic E-state index is 12.6. The molecule has 0 amide bonds. The van der Waals surface area contributed by atoms with Gasteiger partial charge < -0.3 is 4.74 Å². The van der Waals surface area contributed by atoms with Crippen LogP contribution in [-0.2, 0) is 11.2 Å². The second-order valence-corrected chi connectivity index (χ2v) is 12.5. The van der Waals surface area contributed by atoms with E-state index in [4.69, 9.17) is 21.3 Å². The molecule has 0 aliphatic carbocycles. The maximum absolute atomic E-state index is 12.6. The summed E-state index contributed by atoms with van der Waals surface area (Å²) in [6.07, 6.45) is 17.0. The fourth-order valence-corrected chi connectivity index (χ4v) is 5.32. The van der Waals surface area contributed by atoms with Crippen LogP contribution in [0.25, 0.3) is 22.4 Å². The van der Waals surface area contributed by atoms with Crippen molar-refractivity contribution in [3.8, 4) is 28.1 Å². The van der Waals surface area contributed by atoms with Crippen molar-refractivity contribution in [2.24, 2.45) is 11.8 Å². The minimum atomic E-state index is -0.637. The van der Waals surface area contributed by atoms with E-state index in [1.54, 1.807) is 0 Å². The van der Waals surface area contributed by atoms with E-state index >= 15 is 0 Å². The number of hydrogen-bond acceptors (Lipinski definition) is 3. The van der Waals surface area contributed by atoms with Gasteiger partial charge in [0.25, 0.3) is 0 Å². The normalized spacial score (nSPS) is 12.8. The van der Waals surface area contributed by atoms with Gasteiger partial charge in [0.15, 0.2) is 0 Å². The summed E-state index contributed by atoms with van der Waals surface area (Å²) < 4.78 is 5.58. The molecule has 0 saturated carbocycles. The zero-order valence-electron chi connectivity index (χ0n) is 25.7. The van der Waals surface area contributed by atoms with Crippen molar-refractivity contribution in [2.75, 3.05) is 0 Å². The van der Waals surface area contributed by atoms with Gasteiger partial charge in [-0.15, -0.1) is 11.6 Å². The van der Waals surface area contributed by atoms with E-state index in [1.165, 1.54) is 56.9 Å². The van der Waals surface area contributed by atoms with Crippen LogP contribution in [0.4, 0.5) is 0 Å². The Balaban J connectivity index is 1.46. The molecule has 3 rings (SSSR count). The standard InChI is InChI=1S/C37H50ClNO2/c1-5-6-7-8-9-10-11-12-16-30-17-26-35(39-27-30)33-20-18-31(19-21-33)32-22-24-34(25-23-32)41-37(40)36(38)29(4)15-13-14-28(2)3/h17-29,36H,5-16H2,1-4H3. The van der Waals surface area contributed by atoms with Gasteiger partial charge in [0.05, 0.1) is 5.69 Å². The minimum absolute atomic E-state index is 0.0845. The Bertz CT molecular complexity index is 1140. The molecule has 2 atom stereocenters. The number of rotatable bonds is 18. The van der Waals surface area contributed by atoms with Crippen LogP contribution in [0.1, 0.15) is 104 Å². The molecular weight excluding hydrogens is 526 g/mol. The van der Waals surface area contributed by atoms with E-state index in [1.807, 2.05) is 37.4 Å². The lowest BCUT2D eigenvalue weighted by Crippen LogP contribution is -2.27. The van der Waals surface area contributed by atoms with Crippen molar-refractivity contribution in [1.82, 2.24) is 4.98 Å². The largest absolute Gasteiger partial charge is 0.425 e.